The molecule has 0 saturated carbocycles. The van der Waals surface area contributed by atoms with Crippen LogP contribution in [-0.4, -0.2) is 38.3 Å². The van der Waals surface area contributed by atoms with Crippen LogP contribution in [0.2, 0.25) is 0 Å². The first-order chi connectivity index (χ1) is 9.29. The highest BCUT2D eigenvalue weighted by molar-refractivity contribution is 5.46. The molecule has 0 aromatic heterocycles. The van der Waals surface area contributed by atoms with Crippen LogP contribution in [0, 0.1) is 5.92 Å². The summed E-state index contributed by atoms with van der Waals surface area (Å²) in [5.74, 6) is 0.723. The van der Waals surface area contributed by atoms with Gasteiger partial charge in [-0.3, -0.25) is 0 Å². The van der Waals surface area contributed by atoms with Crippen LogP contribution in [0.25, 0.3) is 0 Å². The molecule has 0 bridgehead atoms. The molecule has 1 aromatic rings. The summed E-state index contributed by atoms with van der Waals surface area (Å²) in [6, 6.07) is 8.20. The first-order valence-corrected chi connectivity index (χ1v) is 7.34. The summed E-state index contributed by atoms with van der Waals surface area (Å²) in [6.07, 6.45) is 4.89. The lowest BCUT2D eigenvalue weighted by Gasteiger charge is -2.32. The molecule has 1 aliphatic rings. The molecule has 106 valence electrons. The van der Waals surface area contributed by atoms with Crippen molar-refractivity contribution < 1.29 is 4.74 Å². The maximum atomic E-state index is 5.97. The van der Waals surface area contributed by atoms with Crippen molar-refractivity contribution in [3.05, 3.63) is 29.8 Å². The van der Waals surface area contributed by atoms with E-state index in [0.717, 1.165) is 24.6 Å². The molecule has 19 heavy (non-hydrogen) atoms. The van der Waals surface area contributed by atoms with Gasteiger partial charge in [0.25, 0.3) is 0 Å². The van der Waals surface area contributed by atoms with Crippen LogP contribution in [0.3, 0.4) is 0 Å². The van der Waals surface area contributed by atoms with E-state index < -0.39 is 0 Å². The lowest BCUT2D eigenvalue weighted by Crippen LogP contribution is -2.37. The fourth-order valence-electron chi connectivity index (χ4n) is 2.98. The van der Waals surface area contributed by atoms with Crippen LogP contribution >= 0.6 is 0 Å². The van der Waals surface area contributed by atoms with Crippen LogP contribution in [0.15, 0.2) is 24.3 Å². The first-order valence-electron chi connectivity index (χ1n) is 7.34. The fraction of sp³-hybridized carbons (Fsp3) is 0.625. The van der Waals surface area contributed by atoms with Gasteiger partial charge in [-0.15, -0.1) is 0 Å². The van der Waals surface area contributed by atoms with Crippen molar-refractivity contribution in [1.82, 2.24) is 4.90 Å². The standard InChI is InChI=1S/C16H26N2O/c1-19-13-14-6-4-10-18(12-14)11-5-8-15-7-2-3-9-16(15)17/h2-3,7,9,14H,4-6,8,10-13,17H2,1H3. The molecule has 2 N–H and O–H groups in total. The molecule has 1 aromatic carbocycles. The third-order valence-corrected chi connectivity index (χ3v) is 3.98. The van der Waals surface area contributed by atoms with Crippen molar-refractivity contribution in [2.75, 3.05) is 39.1 Å². The van der Waals surface area contributed by atoms with Crippen molar-refractivity contribution in [2.45, 2.75) is 25.7 Å². The molecule has 2 rings (SSSR count). The summed E-state index contributed by atoms with van der Waals surface area (Å²) >= 11 is 0. The maximum absolute atomic E-state index is 5.97. The van der Waals surface area contributed by atoms with Crippen molar-refractivity contribution in [1.29, 1.82) is 0 Å². The number of benzene rings is 1. The van der Waals surface area contributed by atoms with E-state index >= 15 is 0 Å². The predicted octanol–water partition coefficient (Wildman–Crippen LogP) is 2.56. The molecule has 0 amide bonds. The van der Waals surface area contributed by atoms with Gasteiger partial charge in [0.15, 0.2) is 0 Å². The maximum Gasteiger partial charge on any atom is 0.0502 e. The minimum absolute atomic E-state index is 0.723. The van der Waals surface area contributed by atoms with Gasteiger partial charge in [-0.2, -0.15) is 0 Å². The number of ether oxygens (including phenoxy) is 1. The molecule has 1 saturated heterocycles. The highest BCUT2D eigenvalue weighted by Crippen LogP contribution is 2.18. The Morgan fingerprint density at radius 3 is 3.00 bits per heavy atom. The van der Waals surface area contributed by atoms with Crippen molar-refractivity contribution in [2.24, 2.45) is 5.92 Å². The van der Waals surface area contributed by atoms with Gasteiger partial charge in [-0.1, -0.05) is 18.2 Å². The SMILES string of the molecule is COCC1CCCN(CCCc2ccccc2N)C1. The second kappa shape index (κ2) is 7.51. The first kappa shape index (κ1) is 14.4. The number of hydrogen-bond acceptors (Lipinski definition) is 3. The summed E-state index contributed by atoms with van der Waals surface area (Å²) in [6.45, 7) is 4.51. The minimum atomic E-state index is 0.723. The molecular formula is C16H26N2O. The molecule has 1 heterocycles. The molecule has 0 aliphatic carbocycles. The van der Waals surface area contributed by atoms with E-state index in [2.05, 4.69) is 17.0 Å². The fourth-order valence-corrected chi connectivity index (χ4v) is 2.98. The van der Waals surface area contributed by atoms with E-state index in [4.69, 9.17) is 10.5 Å². The van der Waals surface area contributed by atoms with Crippen LogP contribution in [0.5, 0.6) is 0 Å². The number of para-hydroxylation sites is 1. The molecule has 0 radical (unpaired) electrons. The van der Waals surface area contributed by atoms with Crippen molar-refractivity contribution >= 4 is 5.69 Å². The third-order valence-electron chi connectivity index (χ3n) is 3.98. The van der Waals surface area contributed by atoms with Gasteiger partial charge >= 0.3 is 0 Å². The van der Waals surface area contributed by atoms with Gasteiger partial charge in [0.1, 0.15) is 0 Å². The normalized spacial score (nSPS) is 20.6. The number of nitrogens with two attached hydrogens (primary N) is 1. The highest BCUT2D eigenvalue weighted by atomic mass is 16.5. The van der Waals surface area contributed by atoms with Gasteiger partial charge in [0, 0.05) is 19.3 Å². The average molecular weight is 262 g/mol. The summed E-state index contributed by atoms with van der Waals surface area (Å²) < 4.78 is 5.28. The third kappa shape index (κ3) is 4.51. The Morgan fingerprint density at radius 2 is 2.21 bits per heavy atom. The monoisotopic (exact) mass is 262 g/mol. The van der Waals surface area contributed by atoms with E-state index in [9.17, 15) is 0 Å². The van der Waals surface area contributed by atoms with Gasteiger partial charge < -0.3 is 15.4 Å². The molecule has 1 atom stereocenters. The number of hydrogen-bond donors (Lipinski definition) is 1. The number of nitrogen functional groups attached to an aromatic ring is 1. The number of rotatable bonds is 6. The van der Waals surface area contributed by atoms with Crippen LogP contribution in [0.1, 0.15) is 24.8 Å². The Labute approximate surface area is 116 Å². The Balaban J connectivity index is 1.72. The Hall–Kier alpha value is -1.06. The van der Waals surface area contributed by atoms with Crippen LogP contribution in [-0.2, 0) is 11.2 Å². The second-order valence-corrected chi connectivity index (χ2v) is 5.57. The zero-order chi connectivity index (χ0) is 13.5. The molecule has 3 heteroatoms. The largest absolute Gasteiger partial charge is 0.399 e. The van der Waals surface area contributed by atoms with E-state index in [1.54, 1.807) is 7.11 Å². The Morgan fingerprint density at radius 1 is 1.37 bits per heavy atom. The number of methoxy groups -OCH3 is 1. The van der Waals surface area contributed by atoms with Gasteiger partial charge in [-0.05, 0) is 56.3 Å². The molecule has 3 nitrogen and oxygen atoms in total. The number of likely N-dealkylation sites (tertiary alicyclic amines) is 1. The minimum Gasteiger partial charge on any atom is -0.399 e. The number of nitrogens with zero attached hydrogens (tertiary/aromatic N) is 1. The lowest BCUT2D eigenvalue weighted by atomic mass is 9.98. The summed E-state index contributed by atoms with van der Waals surface area (Å²) in [4.78, 5) is 2.58. The number of anilines is 1. The molecule has 1 fully saturated rings. The second-order valence-electron chi connectivity index (χ2n) is 5.57. The zero-order valence-corrected chi connectivity index (χ0v) is 12.0. The predicted molar refractivity (Wildman–Crippen MR) is 80.2 cm³/mol. The van der Waals surface area contributed by atoms with Gasteiger partial charge in [-0.25, -0.2) is 0 Å². The summed E-state index contributed by atoms with van der Waals surface area (Å²) in [5, 5.41) is 0. The zero-order valence-electron chi connectivity index (χ0n) is 12.0. The van der Waals surface area contributed by atoms with Gasteiger partial charge in [0.05, 0.1) is 6.61 Å². The van der Waals surface area contributed by atoms with E-state index in [0.29, 0.717) is 0 Å². The van der Waals surface area contributed by atoms with Crippen LogP contribution < -0.4 is 5.73 Å². The van der Waals surface area contributed by atoms with Gasteiger partial charge in [0.2, 0.25) is 0 Å². The molecule has 1 aliphatic heterocycles. The van der Waals surface area contributed by atoms with Crippen molar-refractivity contribution in [3.8, 4) is 0 Å². The van der Waals surface area contributed by atoms with E-state index in [1.165, 1.54) is 44.5 Å². The summed E-state index contributed by atoms with van der Waals surface area (Å²) in [5.41, 5.74) is 8.19. The summed E-state index contributed by atoms with van der Waals surface area (Å²) in [7, 11) is 1.80. The van der Waals surface area contributed by atoms with E-state index in [-0.39, 0.29) is 0 Å². The topological polar surface area (TPSA) is 38.5 Å². The Kier molecular flexibility index (Phi) is 5.67. The quantitative estimate of drug-likeness (QED) is 0.801. The molecule has 1 unspecified atom stereocenters. The van der Waals surface area contributed by atoms with Crippen LogP contribution in [0.4, 0.5) is 5.69 Å². The van der Waals surface area contributed by atoms with Crippen molar-refractivity contribution in [3.63, 3.8) is 0 Å². The smallest absolute Gasteiger partial charge is 0.0502 e. The molecular weight excluding hydrogens is 236 g/mol. The number of piperidine rings is 1. The number of aryl methyl sites for hydroxylation is 1. The average Bonchev–Trinajstić information content (AvgIpc) is 2.42. The lowest BCUT2D eigenvalue weighted by molar-refractivity contribution is 0.0902. The Bertz CT molecular complexity index is 379. The molecule has 0 spiro atoms. The van der Waals surface area contributed by atoms with E-state index in [1.807, 2.05) is 12.1 Å². The highest BCUT2D eigenvalue weighted by Gasteiger charge is 2.19.